The van der Waals surface area contributed by atoms with E-state index in [4.69, 9.17) is 12.6 Å². The molecule has 1 aromatic heterocycles. The summed E-state index contributed by atoms with van der Waals surface area (Å²) >= 11 is 5.36. The third-order valence-corrected chi connectivity index (χ3v) is 4.04. The van der Waals surface area contributed by atoms with Crippen molar-refractivity contribution in [1.82, 2.24) is 0 Å². The summed E-state index contributed by atoms with van der Waals surface area (Å²) in [4.78, 5) is 17.1. The normalized spacial score (nSPS) is 12.9. The number of rotatable bonds is 7. The molecule has 1 heterocycles. The van der Waals surface area contributed by atoms with E-state index < -0.39 is 6.04 Å². The van der Waals surface area contributed by atoms with Crippen LogP contribution in [-0.2, 0) is 19.0 Å². The number of aliphatic imine (C=N–C) groups is 1. The maximum atomic E-state index is 13.1. The second-order valence-electron chi connectivity index (χ2n) is 5.49. The van der Waals surface area contributed by atoms with Crippen LogP contribution in [0.15, 0.2) is 53.8 Å². The molecule has 0 unspecified atom stereocenters. The summed E-state index contributed by atoms with van der Waals surface area (Å²) < 4.78 is 14.9. The molecule has 0 bridgehead atoms. The van der Waals surface area contributed by atoms with Gasteiger partial charge in [-0.2, -0.15) is 4.57 Å². The first-order valence-corrected chi connectivity index (χ1v) is 8.48. The molecule has 0 spiro atoms. The second-order valence-corrected chi connectivity index (χ2v) is 5.91. The van der Waals surface area contributed by atoms with E-state index in [9.17, 15) is 9.18 Å². The minimum atomic E-state index is -0.693. The number of benzene rings is 1. The number of hydrogen-bond acceptors (Lipinski definition) is 3. The van der Waals surface area contributed by atoms with E-state index in [1.165, 1.54) is 29.8 Å². The maximum absolute atomic E-state index is 13.1. The highest BCUT2D eigenvalue weighted by Gasteiger charge is 2.28. The molecule has 0 fully saturated rings. The second kappa shape index (κ2) is 8.64. The minimum Gasteiger partial charge on any atom is -0.758 e. The standard InChI is InChI=1S/C19H21FN2OS/c1-3-5-14-10-12-22(13-11-14)17(19(24)21-4-2)18(23)15-6-8-16(20)9-7-15/h6-13,17H,3-5H2,1-2H3/t17-/m0/s1. The summed E-state index contributed by atoms with van der Waals surface area (Å²) in [6.45, 7) is 4.51. The summed E-state index contributed by atoms with van der Waals surface area (Å²) in [5.41, 5.74) is 1.63. The van der Waals surface area contributed by atoms with Crippen LogP contribution in [0.25, 0.3) is 0 Å². The molecule has 2 rings (SSSR count). The molecule has 1 atom stereocenters. The molecular weight excluding hydrogens is 323 g/mol. The number of aromatic nitrogens is 1. The lowest BCUT2D eigenvalue weighted by atomic mass is 10.0. The molecule has 3 nitrogen and oxygen atoms in total. The van der Waals surface area contributed by atoms with Crippen molar-refractivity contribution in [2.24, 2.45) is 4.99 Å². The Kier molecular flexibility index (Phi) is 6.55. The minimum absolute atomic E-state index is 0.189. The number of carbonyl (C=O) groups excluding carboxylic acids is 1. The lowest BCUT2D eigenvalue weighted by Gasteiger charge is -2.18. The van der Waals surface area contributed by atoms with Crippen molar-refractivity contribution in [3.63, 3.8) is 0 Å². The van der Waals surface area contributed by atoms with Gasteiger partial charge in [-0.3, -0.25) is 4.79 Å². The van der Waals surface area contributed by atoms with E-state index in [1.54, 1.807) is 4.57 Å². The first-order valence-electron chi connectivity index (χ1n) is 8.07. The number of nitrogens with zero attached hydrogens (tertiary/aromatic N) is 2. The Hall–Kier alpha value is -2.14. The number of halogens is 1. The van der Waals surface area contributed by atoms with Crippen LogP contribution in [0.5, 0.6) is 0 Å². The highest BCUT2D eigenvalue weighted by Crippen LogP contribution is 2.13. The molecule has 24 heavy (non-hydrogen) atoms. The molecule has 0 aliphatic heterocycles. The number of ketones is 1. The third kappa shape index (κ3) is 4.45. The average Bonchev–Trinajstić information content (AvgIpc) is 2.58. The summed E-state index contributed by atoms with van der Waals surface area (Å²) in [6, 6.07) is 8.79. The van der Waals surface area contributed by atoms with Crippen LogP contribution >= 0.6 is 0 Å². The van der Waals surface area contributed by atoms with Gasteiger partial charge >= 0.3 is 0 Å². The summed E-state index contributed by atoms with van der Waals surface area (Å²) in [7, 11) is 0. The van der Waals surface area contributed by atoms with Crippen molar-refractivity contribution in [2.45, 2.75) is 32.7 Å². The number of Topliss-reactive ketones (excluding diaryl/α,β-unsaturated/α-hetero) is 1. The average molecular weight is 344 g/mol. The Morgan fingerprint density at radius 2 is 1.79 bits per heavy atom. The highest BCUT2D eigenvalue weighted by molar-refractivity contribution is 7.77. The number of pyridine rings is 1. The van der Waals surface area contributed by atoms with Gasteiger partial charge in [0.15, 0.2) is 12.4 Å². The van der Waals surface area contributed by atoms with Gasteiger partial charge in [-0.25, -0.2) is 4.39 Å². The Labute approximate surface area is 147 Å². The van der Waals surface area contributed by atoms with Crippen molar-refractivity contribution >= 4 is 23.5 Å². The van der Waals surface area contributed by atoms with Crippen LogP contribution in [0.2, 0.25) is 0 Å². The third-order valence-electron chi connectivity index (χ3n) is 3.68. The van der Waals surface area contributed by atoms with Crippen LogP contribution in [0.4, 0.5) is 4.39 Å². The first-order chi connectivity index (χ1) is 11.6. The van der Waals surface area contributed by atoms with Crippen molar-refractivity contribution in [2.75, 3.05) is 6.54 Å². The number of aryl methyl sites for hydroxylation is 1. The molecular formula is C19H21FN2OS. The van der Waals surface area contributed by atoms with Crippen LogP contribution in [0.3, 0.4) is 0 Å². The lowest BCUT2D eigenvalue weighted by molar-refractivity contribution is -0.692. The fraction of sp³-hybridized carbons (Fsp3) is 0.316. The van der Waals surface area contributed by atoms with Gasteiger partial charge in [0.1, 0.15) is 5.82 Å². The predicted octanol–water partition coefficient (Wildman–Crippen LogP) is 3.46. The zero-order chi connectivity index (χ0) is 17.5. The van der Waals surface area contributed by atoms with Gasteiger partial charge in [-0.1, -0.05) is 13.3 Å². The molecule has 1 aromatic carbocycles. The van der Waals surface area contributed by atoms with Crippen LogP contribution in [-0.4, -0.2) is 17.4 Å². The number of hydrogen-bond donors (Lipinski definition) is 0. The first kappa shape index (κ1) is 18.2. The van der Waals surface area contributed by atoms with Crippen molar-refractivity contribution < 1.29 is 13.8 Å². The largest absolute Gasteiger partial charge is 0.758 e. The lowest BCUT2D eigenvalue weighted by Crippen LogP contribution is -2.47. The summed E-state index contributed by atoms with van der Waals surface area (Å²) in [6.07, 6.45) is 5.76. The van der Waals surface area contributed by atoms with Crippen LogP contribution < -0.4 is 4.57 Å². The Balaban J connectivity index is 2.39. The van der Waals surface area contributed by atoms with Gasteiger partial charge in [0.25, 0.3) is 0 Å². The SMILES string of the molecule is CCCc1cc[n+]([C@@H](C(=O)c2ccc(F)cc2)C([S-])=NCC)cc1. The smallest absolute Gasteiger partial charge is 0.237 e. The topological polar surface area (TPSA) is 33.3 Å². The maximum Gasteiger partial charge on any atom is 0.237 e. The van der Waals surface area contributed by atoms with Gasteiger partial charge in [-0.15, -0.1) is 0 Å². The fourth-order valence-corrected chi connectivity index (χ4v) is 2.84. The van der Waals surface area contributed by atoms with E-state index in [0.717, 1.165) is 12.8 Å². The van der Waals surface area contributed by atoms with E-state index >= 15 is 0 Å². The van der Waals surface area contributed by atoms with Crippen molar-refractivity contribution in [1.29, 1.82) is 0 Å². The summed E-state index contributed by atoms with van der Waals surface area (Å²) in [5.74, 6) is -0.564. The molecule has 126 valence electrons. The van der Waals surface area contributed by atoms with Gasteiger partial charge < -0.3 is 17.6 Å². The highest BCUT2D eigenvalue weighted by atomic mass is 32.1. The molecule has 0 aliphatic rings. The molecule has 0 N–H and O–H groups in total. The van der Waals surface area contributed by atoms with Crippen LogP contribution in [0.1, 0.15) is 42.2 Å². The molecule has 0 amide bonds. The summed E-state index contributed by atoms with van der Waals surface area (Å²) in [5, 5.41) is 0.333. The molecule has 0 saturated heterocycles. The molecule has 2 aromatic rings. The van der Waals surface area contributed by atoms with E-state index in [0.29, 0.717) is 17.2 Å². The Morgan fingerprint density at radius 1 is 1.17 bits per heavy atom. The Morgan fingerprint density at radius 3 is 2.33 bits per heavy atom. The van der Waals surface area contributed by atoms with Gasteiger partial charge in [0.05, 0.1) is 0 Å². The predicted molar refractivity (Wildman–Crippen MR) is 95.7 cm³/mol. The van der Waals surface area contributed by atoms with Gasteiger partial charge in [0, 0.05) is 24.2 Å². The van der Waals surface area contributed by atoms with E-state index in [2.05, 4.69) is 11.9 Å². The monoisotopic (exact) mass is 344 g/mol. The van der Waals surface area contributed by atoms with Crippen molar-refractivity contribution in [3.8, 4) is 0 Å². The Bertz CT molecular complexity index is 711. The molecule has 0 radical (unpaired) electrons. The zero-order valence-electron chi connectivity index (χ0n) is 13.9. The van der Waals surface area contributed by atoms with Gasteiger partial charge in [-0.05, 0) is 48.2 Å². The van der Waals surface area contributed by atoms with Gasteiger partial charge in [0.2, 0.25) is 11.8 Å². The fourth-order valence-electron chi connectivity index (χ4n) is 2.49. The molecule has 0 saturated carbocycles. The molecule has 5 heteroatoms. The quantitative estimate of drug-likeness (QED) is 0.253. The van der Waals surface area contributed by atoms with E-state index in [1.807, 2.05) is 31.5 Å². The van der Waals surface area contributed by atoms with Crippen LogP contribution in [0, 0.1) is 5.82 Å². The number of carbonyl (C=O) groups is 1. The zero-order valence-corrected chi connectivity index (χ0v) is 14.7. The van der Waals surface area contributed by atoms with Crippen molar-refractivity contribution in [3.05, 3.63) is 65.7 Å². The molecule has 0 aliphatic carbocycles. The van der Waals surface area contributed by atoms with E-state index in [-0.39, 0.29) is 11.6 Å².